The zero-order chi connectivity index (χ0) is 11.1. The van der Waals surface area contributed by atoms with Gasteiger partial charge < -0.3 is 0 Å². The van der Waals surface area contributed by atoms with Crippen LogP contribution in [0.1, 0.15) is 41.5 Å². The van der Waals surface area contributed by atoms with Crippen LogP contribution in [0.3, 0.4) is 0 Å². The molecule has 0 spiro atoms. The summed E-state index contributed by atoms with van der Waals surface area (Å²) < 4.78 is 6.31. The van der Waals surface area contributed by atoms with Gasteiger partial charge in [-0.15, -0.1) is 0 Å². The Morgan fingerprint density at radius 3 is 1.21 bits per heavy atom. The van der Waals surface area contributed by atoms with Gasteiger partial charge in [-0.25, -0.2) is 0 Å². The minimum absolute atomic E-state index is 0.870. The van der Waals surface area contributed by atoms with E-state index in [0.29, 0.717) is 0 Å². The van der Waals surface area contributed by atoms with E-state index in [2.05, 4.69) is 49.3 Å². The van der Waals surface area contributed by atoms with Crippen molar-refractivity contribution in [1.82, 2.24) is 7.71 Å². The van der Waals surface area contributed by atoms with Gasteiger partial charge in [0, 0.05) is 0 Å². The van der Waals surface area contributed by atoms with E-state index < -0.39 is 14.8 Å². The monoisotopic (exact) mass is 261 g/mol. The molecule has 0 fully saturated rings. The van der Waals surface area contributed by atoms with E-state index in [1.807, 2.05) is 0 Å². The van der Waals surface area contributed by atoms with Crippen LogP contribution >= 0.6 is 0 Å². The first kappa shape index (κ1) is 14.5. The summed E-state index contributed by atoms with van der Waals surface area (Å²) in [5, 5.41) is 0. The summed E-state index contributed by atoms with van der Waals surface area (Å²) in [4.78, 5) is 0. The average molecular weight is 260 g/mol. The molecular weight excluding hydrogens is 233 g/mol. The molecule has 0 rings (SSSR count). The molecule has 0 N–H and O–H groups in total. The van der Waals surface area contributed by atoms with E-state index >= 15 is 0 Å². The zero-order valence-electron chi connectivity index (χ0n) is 10.8. The van der Waals surface area contributed by atoms with Crippen LogP contribution in [0.5, 0.6) is 0 Å². The molecule has 0 atom stereocenters. The fraction of sp³-hybridized carbons (Fsp3) is 1.00. The molecule has 0 aromatic rings. The van der Waals surface area contributed by atoms with Gasteiger partial charge in [0.05, 0.1) is 0 Å². The third kappa shape index (κ3) is 3.91. The van der Waals surface area contributed by atoms with Crippen LogP contribution < -0.4 is 0 Å². The molecule has 1 radical (unpaired) electrons. The molecule has 2 nitrogen and oxygen atoms in total. The Kier molecular flexibility index (Phi) is 7.97. The van der Waals surface area contributed by atoms with Crippen molar-refractivity contribution in [1.29, 1.82) is 0 Å². The third-order valence-electron chi connectivity index (χ3n) is 2.69. The van der Waals surface area contributed by atoms with Crippen molar-refractivity contribution in [2.24, 2.45) is 0 Å². The predicted octanol–water partition coefficient (Wildman–Crippen LogP) is 2.57. The van der Waals surface area contributed by atoms with Gasteiger partial charge in [-0.2, -0.15) is 0 Å². The number of rotatable bonds is 7. The topological polar surface area (TPSA) is 6.48 Å². The van der Waals surface area contributed by atoms with Crippen LogP contribution in [-0.4, -0.2) is 48.7 Å². The van der Waals surface area contributed by atoms with Crippen LogP contribution in [0.15, 0.2) is 0 Å². The summed E-state index contributed by atoms with van der Waals surface area (Å²) in [6.07, 6.45) is 0. The summed E-state index contributed by atoms with van der Waals surface area (Å²) in [5.41, 5.74) is 0. The Hall–Kier alpha value is 0.463. The molecule has 0 bridgehead atoms. The van der Waals surface area contributed by atoms with Crippen LogP contribution in [0.2, 0.25) is 4.75 Å². The minimum atomic E-state index is -1.17. The Bertz CT molecular complexity index is 119. The Morgan fingerprint density at radius 1 is 0.786 bits per heavy atom. The molecule has 0 amide bonds. The summed E-state index contributed by atoms with van der Waals surface area (Å²) in [5.74, 6) is 0. The van der Waals surface area contributed by atoms with Gasteiger partial charge in [0.2, 0.25) is 0 Å². The molecule has 85 valence electrons. The fourth-order valence-corrected chi connectivity index (χ4v) is 8.65. The first-order valence-electron chi connectivity index (χ1n) is 5.98. The van der Waals surface area contributed by atoms with E-state index in [1.54, 1.807) is 0 Å². The van der Waals surface area contributed by atoms with E-state index in [4.69, 9.17) is 0 Å². The number of hydrogen-bond donors (Lipinski definition) is 0. The molecule has 0 aromatic carbocycles. The molecule has 14 heavy (non-hydrogen) atoms. The molecule has 0 aliphatic heterocycles. The van der Waals surface area contributed by atoms with Crippen molar-refractivity contribution < 1.29 is 0 Å². The Labute approximate surface area is 95.2 Å². The average Bonchev–Trinajstić information content (AvgIpc) is 2.18. The first-order valence-corrected chi connectivity index (χ1v) is 9.07. The van der Waals surface area contributed by atoms with Crippen molar-refractivity contribution in [3.63, 3.8) is 0 Å². The van der Waals surface area contributed by atoms with Gasteiger partial charge in [0.25, 0.3) is 0 Å². The van der Waals surface area contributed by atoms with Gasteiger partial charge in [0.1, 0.15) is 0 Å². The van der Waals surface area contributed by atoms with Gasteiger partial charge in [0.15, 0.2) is 0 Å². The third-order valence-corrected chi connectivity index (χ3v) is 10.2. The van der Waals surface area contributed by atoms with Crippen LogP contribution in [-0.2, 0) is 0 Å². The second kappa shape index (κ2) is 7.72. The van der Waals surface area contributed by atoms with Gasteiger partial charge in [-0.1, -0.05) is 0 Å². The Balaban J connectivity index is 4.54. The summed E-state index contributed by atoms with van der Waals surface area (Å²) in [6.45, 7) is 18.9. The quantitative estimate of drug-likeness (QED) is 0.649. The van der Waals surface area contributed by atoms with Gasteiger partial charge in [-0.3, -0.25) is 0 Å². The van der Waals surface area contributed by atoms with E-state index in [0.717, 1.165) is 4.75 Å². The maximum absolute atomic E-state index is 2.72. The van der Waals surface area contributed by atoms with E-state index in [-0.39, 0.29) is 0 Å². The van der Waals surface area contributed by atoms with E-state index in [9.17, 15) is 0 Å². The molecule has 3 heteroatoms. The van der Waals surface area contributed by atoms with Crippen molar-refractivity contribution in [3.8, 4) is 0 Å². The standard InChI is InChI=1S/C11H27GeN2/c1-7-13(8-2)12(11(5)6)14(9-3)10-4/h11H,7-10H2,1-6H3. The SMILES string of the molecule is CC[N](CC)[Ge]([CH](C)C)[N](CC)CC. The second-order valence-corrected chi connectivity index (χ2v) is 10.4. The summed E-state index contributed by atoms with van der Waals surface area (Å²) in [7, 11) is 0. The molecule has 0 unspecified atom stereocenters. The zero-order valence-corrected chi connectivity index (χ0v) is 12.9. The fourth-order valence-electron chi connectivity index (χ4n) is 2.03. The van der Waals surface area contributed by atoms with Crippen molar-refractivity contribution in [2.45, 2.75) is 46.3 Å². The molecule has 0 saturated carbocycles. The first-order chi connectivity index (χ1) is 6.62. The van der Waals surface area contributed by atoms with Crippen LogP contribution in [0.4, 0.5) is 0 Å². The molecule has 0 saturated heterocycles. The van der Waals surface area contributed by atoms with Crippen molar-refractivity contribution >= 4 is 14.8 Å². The second-order valence-electron chi connectivity index (χ2n) is 3.86. The van der Waals surface area contributed by atoms with Gasteiger partial charge >= 0.3 is 95.0 Å². The molecular formula is C11H27GeN2. The van der Waals surface area contributed by atoms with Crippen molar-refractivity contribution in [3.05, 3.63) is 0 Å². The van der Waals surface area contributed by atoms with Crippen LogP contribution in [0.25, 0.3) is 0 Å². The van der Waals surface area contributed by atoms with E-state index in [1.165, 1.54) is 26.2 Å². The normalized spacial score (nSPS) is 12.4. The molecule has 0 aliphatic rings. The number of hydrogen-bond acceptors (Lipinski definition) is 2. The summed E-state index contributed by atoms with van der Waals surface area (Å²) >= 11 is -1.17. The Morgan fingerprint density at radius 2 is 1.07 bits per heavy atom. The molecule has 0 aromatic heterocycles. The van der Waals surface area contributed by atoms with Crippen LogP contribution in [0, 0.1) is 0 Å². The molecule has 0 heterocycles. The van der Waals surface area contributed by atoms with Gasteiger partial charge in [-0.05, 0) is 0 Å². The van der Waals surface area contributed by atoms with Crippen molar-refractivity contribution in [2.75, 3.05) is 26.2 Å². The number of nitrogens with zero attached hydrogens (tertiary/aromatic N) is 2. The summed E-state index contributed by atoms with van der Waals surface area (Å²) in [6, 6.07) is 0. The predicted molar refractivity (Wildman–Crippen MR) is 66.7 cm³/mol. The molecule has 0 aliphatic carbocycles. The maximum atomic E-state index is 2.72.